The molecule has 0 saturated heterocycles. The zero-order valence-electron chi connectivity index (χ0n) is 54.9. The van der Waals surface area contributed by atoms with Gasteiger partial charge in [0.05, 0.1) is 30.1 Å². The third-order valence-corrected chi connectivity index (χ3v) is 19.5. The largest absolute Gasteiger partial charge is 0.445 e. The fourth-order valence-electron chi connectivity index (χ4n) is 12.9. The van der Waals surface area contributed by atoms with Crippen LogP contribution in [0.1, 0.15) is 83.5 Å². The third kappa shape index (κ3) is 21.8. The Bertz CT molecular complexity index is 3830. The summed E-state index contributed by atoms with van der Waals surface area (Å²) in [6.07, 6.45) is 7.02. The monoisotopic (exact) mass is 1510 g/mol. The molecule has 0 saturated carbocycles. The first kappa shape index (κ1) is 76.6. The Kier molecular flexibility index (Phi) is 27.0. The molecule has 15 rings (SSSR count). The molecule has 0 radical (unpaired) electrons. The minimum absolute atomic E-state index is 0.0869. The Hall–Kier alpha value is -8.01. The highest BCUT2D eigenvalue weighted by atomic mass is 35.5. The van der Waals surface area contributed by atoms with Gasteiger partial charge in [0.15, 0.2) is 0 Å². The van der Waals surface area contributed by atoms with Crippen LogP contribution in [0.15, 0.2) is 164 Å². The SMILES string of the molecule is NC1Cc2cc(F)c(Cl)cc2C1.N[C@@H]1Cc2cc(F)c(Cl)cc2C1.N[C@H]1Cc2cc(F)c(Cl)cc2C1.O=C(NC1Cc2cc(F)c(Cl)cc2C1)OCc1ccccc1.O=C(N[C@@H]1Cc2cc(F)c(Cl)cc2C1)OCc1ccccc1.O=C(N[C@H]1Cc2cc(F)c(Cl)cc2C1)OCc1ccccc1. The molecule has 0 aromatic heterocycles. The van der Waals surface area contributed by atoms with Crippen LogP contribution in [0.5, 0.6) is 0 Å². The molecule has 102 heavy (non-hydrogen) atoms. The minimum Gasteiger partial charge on any atom is -0.445 e. The molecule has 534 valence electrons. The van der Waals surface area contributed by atoms with Gasteiger partial charge < -0.3 is 47.4 Å². The molecule has 6 atom stereocenters. The number of carbonyl (C=O) groups excluding carboxylic acids is 3. The molecule has 0 spiro atoms. The summed E-state index contributed by atoms with van der Waals surface area (Å²) < 4.78 is 94.6. The lowest BCUT2D eigenvalue weighted by Gasteiger charge is -2.12. The summed E-state index contributed by atoms with van der Waals surface area (Å²) in [5.41, 5.74) is 31.8. The molecular weight excluding hydrogens is 1440 g/mol. The second-order valence-corrected chi connectivity index (χ2v) is 28.1. The van der Waals surface area contributed by atoms with Crippen molar-refractivity contribution in [3.63, 3.8) is 0 Å². The van der Waals surface area contributed by atoms with E-state index in [0.29, 0.717) is 38.5 Å². The van der Waals surface area contributed by atoms with Gasteiger partial charge in [0.1, 0.15) is 54.7 Å². The van der Waals surface area contributed by atoms with E-state index < -0.39 is 35.7 Å². The van der Waals surface area contributed by atoms with Crippen LogP contribution in [-0.4, -0.2) is 54.5 Å². The number of alkyl carbamates (subject to hydrolysis) is 3. The van der Waals surface area contributed by atoms with Crippen LogP contribution in [0.25, 0.3) is 0 Å². The van der Waals surface area contributed by atoms with E-state index >= 15 is 0 Å². The number of hydrogen-bond acceptors (Lipinski definition) is 9. The van der Waals surface area contributed by atoms with Crippen molar-refractivity contribution in [3.05, 3.63) is 312 Å². The topological polar surface area (TPSA) is 193 Å². The van der Waals surface area contributed by atoms with Crippen molar-refractivity contribution < 1.29 is 54.9 Å². The highest BCUT2D eigenvalue weighted by Crippen LogP contribution is 2.33. The van der Waals surface area contributed by atoms with E-state index in [1.54, 1.807) is 36.4 Å². The van der Waals surface area contributed by atoms with E-state index in [2.05, 4.69) is 16.0 Å². The van der Waals surface area contributed by atoms with E-state index in [1.807, 2.05) is 91.0 Å². The Morgan fingerprint density at radius 1 is 0.294 bits per heavy atom. The molecule has 9 aromatic rings. The quantitative estimate of drug-likeness (QED) is 0.0603. The Labute approximate surface area is 617 Å². The van der Waals surface area contributed by atoms with Gasteiger partial charge in [-0.15, -0.1) is 0 Å². The van der Waals surface area contributed by atoms with Gasteiger partial charge in [0.25, 0.3) is 0 Å². The minimum atomic E-state index is -0.465. The maximum absolute atomic E-state index is 13.4. The number of fused-ring (bicyclic) bond motifs is 6. The summed E-state index contributed by atoms with van der Waals surface area (Å²) in [4.78, 5) is 35.5. The van der Waals surface area contributed by atoms with Crippen molar-refractivity contribution in [1.29, 1.82) is 0 Å². The summed E-state index contributed by atoms with van der Waals surface area (Å²) in [6.45, 7) is 0.687. The molecule has 6 aliphatic rings. The lowest BCUT2D eigenvalue weighted by Crippen LogP contribution is -2.35. The maximum Gasteiger partial charge on any atom is 0.407 e. The van der Waals surface area contributed by atoms with Crippen molar-refractivity contribution in [2.45, 2.75) is 133 Å². The summed E-state index contributed by atoms with van der Waals surface area (Å²) in [7, 11) is 0. The zero-order chi connectivity index (χ0) is 72.7. The number of nitrogens with two attached hydrogens (primary N) is 3. The number of ether oxygens (including phenoxy) is 3. The number of carbonyl (C=O) groups is 3. The summed E-state index contributed by atoms with van der Waals surface area (Å²) in [5.74, 6) is -2.30. The lowest BCUT2D eigenvalue weighted by molar-refractivity contribution is 0.135. The van der Waals surface area contributed by atoms with Crippen molar-refractivity contribution in [2.24, 2.45) is 17.2 Å². The van der Waals surface area contributed by atoms with Crippen LogP contribution < -0.4 is 33.2 Å². The zero-order valence-corrected chi connectivity index (χ0v) is 59.4. The van der Waals surface area contributed by atoms with E-state index in [0.717, 1.165) is 122 Å². The molecule has 9 N–H and O–H groups in total. The molecule has 2 unspecified atom stereocenters. The smallest absolute Gasteiger partial charge is 0.407 e. The van der Waals surface area contributed by atoms with Crippen molar-refractivity contribution >= 4 is 87.9 Å². The van der Waals surface area contributed by atoms with Gasteiger partial charge in [-0.05, 0) is 233 Å². The van der Waals surface area contributed by atoms with Crippen LogP contribution >= 0.6 is 69.6 Å². The molecule has 9 aromatic carbocycles. The number of nitrogens with one attached hydrogen (secondary N) is 3. The Morgan fingerprint density at radius 2 is 0.461 bits per heavy atom. The summed E-state index contributed by atoms with van der Waals surface area (Å²) >= 11 is 34.2. The van der Waals surface area contributed by atoms with E-state index in [1.165, 1.54) is 36.4 Å². The van der Waals surface area contributed by atoms with Gasteiger partial charge in [-0.25, -0.2) is 40.7 Å². The Balaban J connectivity index is 0.000000135. The summed E-state index contributed by atoms with van der Waals surface area (Å²) in [6, 6.07) is 47.3. The van der Waals surface area contributed by atoms with Gasteiger partial charge >= 0.3 is 18.3 Å². The van der Waals surface area contributed by atoms with Gasteiger partial charge in [0.2, 0.25) is 0 Å². The number of halogens is 12. The highest BCUT2D eigenvalue weighted by Gasteiger charge is 2.29. The average Bonchev–Trinajstić information content (AvgIpc) is 1.72. The van der Waals surface area contributed by atoms with Crippen LogP contribution in [0, 0.1) is 34.9 Å². The number of benzene rings is 9. The molecule has 0 fully saturated rings. The van der Waals surface area contributed by atoms with Crippen molar-refractivity contribution in [1.82, 2.24) is 16.0 Å². The standard InChI is InChI=1S/3C17H15ClFNO2.3C9H9ClFN/c3*18-15-8-12-6-14(7-13(12)9-16(15)19)20-17(21)22-10-11-4-2-1-3-5-11;3*10-8-3-5-1-7(12)2-6(5)4-9(8)11/h3*1-5,8-9,14H,6-7,10H2,(H,20,21);3*3-4,7H,1-2,12H2/t2*14-;;2*7-;/m10.10./s1. The first-order valence-corrected chi connectivity index (χ1v) is 35.1. The second-order valence-electron chi connectivity index (χ2n) is 25.6. The molecule has 12 nitrogen and oxygen atoms in total. The molecule has 0 aliphatic heterocycles. The fourth-order valence-corrected chi connectivity index (χ4v) is 14.0. The number of amides is 3. The van der Waals surface area contributed by atoms with Gasteiger partial charge in [-0.2, -0.15) is 0 Å². The van der Waals surface area contributed by atoms with Gasteiger partial charge in [-0.1, -0.05) is 161 Å². The first-order chi connectivity index (χ1) is 48.8. The van der Waals surface area contributed by atoms with E-state index in [9.17, 15) is 40.7 Å². The number of hydrogen-bond donors (Lipinski definition) is 6. The summed E-state index contributed by atoms with van der Waals surface area (Å²) in [5, 5.41) is 9.37. The average molecular weight is 1520 g/mol. The van der Waals surface area contributed by atoms with E-state index in [4.69, 9.17) is 101 Å². The molecule has 6 aliphatic carbocycles. The highest BCUT2D eigenvalue weighted by molar-refractivity contribution is 6.32. The third-order valence-electron chi connectivity index (χ3n) is 17.7. The van der Waals surface area contributed by atoms with Crippen LogP contribution in [0.2, 0.25) is 30.1 Å². The lowest BCUT2D eigenvalue weighted by atomic mass is 10.1. The maximum atomic E-state index is 13.4. The van der Waals surface area contributed by atoms with Gasteiger partial charge in [-0.3, -0.25) is 0 Å². The van der Waals surface area contributed by atoms with Crippen LogP contribution in [0.4, 0.5) is 40.7 Å². The second kappa shape index (κ2) is 35.9. The molecule has 3 amide bonds. The predicted molar refractivity (Wildman–Crippen MR) is 387 cm³/mol. The molecular formula is C78H72Cl6F6N6O6. The fraction of sp³-hybridized carbons (Fsp3) is 0.269. The van der Waals surface area contributed by atoms with Crippen molar-refractivity contribution in [3.8, 4) is 0 Å². The molecule has 24 heteroatoms. The Morgan fingerprint density at radius 3 is 0.657 bits per heavy atom. The van der Waals surface area contributed by atoms with Crippen LogP contribution in [0.3, 0.4) is 0 Å². The first-order valence-electron chi connectivity index (χ1n) is 32.8. The number of rotatable bonds is 9. The normalized spacial score (nSPS) is 17.9. The van der Waals surface area contributed by atoms with Crippen molar-refractivity contribution in [2.75, 3.05) is 0 Å². The molecule has 0 bridgehead atoms. The van der Waals surface area contributed by atoms with E-state index in [-0.39, 0.29) is 104 Å². The molecule has 0 heterocycles. The predicted octanol–water partition coefficient (Wildman–Crippen LogP) is 17.3. The van der Waals surface area contributed by atoms with Gasteiger partial charge in [0, 0.05) is 36.3 Å². The van der Waals surface area contributed by atoms with Crippen LogP contribution in [-0.2, 0) is 111 Å².